The molecule has 4 nitrogen and oxygen atoms in total. The fraction of sp³-hybridized carbons (Fsp3) is 0.500. The topological polar surface area (TPSA) is 53.7 Å². The first-order chi connectivity index (χ1) is 8.95. The number of nitrogens with two attached hydrogens (primary N) is 1. The molecule has 0 saturated carbocycles. The SMILES string of the molecule is COCCOCCOc1ccc(N)cc1C(F)(F)F.Cl. The van der Waals surface area contributed by atoms with Crippen LogP contribution in [0.3, 0.4) is 0 Å². The predicted molar refractivity (Wildman–Crippen MR) is 71.3 cm³/mol. The van der Waals surface area contributed by atoms with E-state index in [-0.39, 0.29) is 37.1 Å². The molecule has 0 aliphatic rings. The summed E-state index contributed by atoms with van der Waals surface area (Å²) in [5.74, 6) is -0.253. The minimum atomic E-state index is -4.50. The van der Waals surface area contributed by atoms with E-state index < -0.39 is 11.7 Å². The number of rotatable bonds is 7. The van der Waals surface area contributed by atoms with Crippen molar-refractivity contribution in [3.8, 4) is 5.75 Å². The first-order valence-electron chi connectivity index (χ1n) is 5.61. The van der Waals surface area contributed by atoms with E-state index in [0.29, 0.717) is 13.2 Å². The summed E-state index contributed by atoms with van der Waals surface area (Å²) in [6.45, 7) is 1.01. The Morgan fingerprint density at radius 1 is 1.10 bits per heavy atom. The fourth-order valence-electron chi connectivity index (χ4n) is 1.35. The van der Waals surface area contributed by atoms with Crippen LogP contribution in [0.5, 0.6) is 5.75 Å². The average Bonchev–Trinajstić information content (AvgIpc) is 2.34. The number of anilines is 1. The monoisotopic (exact) mass is 315 g/mol. The maximum atomic E-state index is 12.7. The number of hydrogen-bond acceptors (Lipinski definition) is 4. The van der Waals surface area contributed by atoms with E-state index in [4.69, 9.17) is 19.9 Å². The zero-order valence-corrected chi connectivity index (χ0v) is 11.7. The summed E-state index contributed by atoms with van der Waals surface area (Å²) in [6, 6.07) is 3.41. The Kier molecular flexibility index (Phi) is 8.36. The Bertz CT molecular complexity index is 402. The lowest BCUT2D eigenvalue weighted by atomic mass is 10.1. The molecule has 8 heteroatoms. The van der Waals surface area contributed by atoms with Crippen molar-refractivity contribution in [2.45, 2.75) is 6.18 Å². The zero-order chi connectivity index (χ0) is 14.3. The molecular weight excluding hydrogens is 299 g/mol. The van der Waals surface area contributed by atoms with E-state index >= 15 is 0 Å². The molecule has 0 radical (unpaired) electrons. The Hall–Kier alpha value is -1.18. The van der Waals surface area contributed by atoms with E-state index in [1.54, 1.807) is 0 Å². The highest BCUT2D eigenvalue weighted by Crippen LogP contribution is 2.37. The quantitative estimate of drug-likeness (QED) is 0.621. The fourth-order valence-corrected chi connectivity index (χ4v) is 1.35. The summed E-state index contributed by atoms with van der Waals surface area (Å²) in [4.78, 5) is 0. The maximum Gasteiger partial charge on any atom is 0.420 e. The lowest BCUT2D eigenvalue weighted by Gasteiger charge is -2.14. The van der Waals surface area contributed by atoms with Gasteiger partial charge >= 0.3 is 6.18 Å². The molecule has 1 rings (SSSR count). The van der Waals surface area contributed by atoms with Gasteiger partial charge in [0.25, 0.3) is 0 Å². The Labute approximate surface area is 121 Å². The van der Waals surface area contributed by atoms with Gasteiger partial charge in [-0.25, -0.2) is 0 Å². The largest absolute Gasteiger partial charge is 0.491 e. The highest BCUT2D eigenvalue weighted by Gasteiger charge is 2.34. The number of alkyl halides is 3. The normalized spacial score (nSPS) is 11.0. The molecule has 1 aromatic carbocycles. The summed E-state index contributed by atoms with van der Waals surface area (Å²) >= 11 is 0. The van der Waals surface area contributed by atoms with Gasteiger partial charge in [0.15, 0.2) is 0 Å². The molecule has 0 aromatic heterocycles. The van der Waals surface area contributed by atoms with Crippen molar-refractivity contribution in [3.05, 3.63) is 23.8 Å². The van der Waals surface area contributed by atoms with Crippen LogP contribution in [-0.2, 0) is 15.7 Å². The van der Waals surface area contributed by atoms with Gasteiger partial charge in [-0.3, -0.25) is 0 Å². The third-order valence-electron chi connectivity index (χ3n) is 2.23. The molecule has 0 saturated heterocycles. The molecule has 116 valence electrons. The maximum absolute atomic E-state index is 12.7. The molecule has 0 unspecified atom stereocenters. The molecule has 0 fully saturated rings. The standard InChI is InChI=1S/C12H16F3NO3.ClH/c1-17-4-5-18-6-7-19-11-3-2-9(16)8-10(11)12(13,14)15;/h2-3,8H,4-7,16H2,1H3;1H. The third kappa shape index (κ3) is 6.31. The summed E-state index contributed by atoms with van der Waals surface area (Å²) in [5, 5.41) is 0. The summed E-state index contributed by atoms with van der Waals surface area (Å²) in [7, 11) is 1.53. The summed E-state index contributed by atoms with van der Waals surface area (Å²) < 4.78 is 53.1. The van der Waals surface area contributed by atoms with Crippen molar-refractivity contribution in [2.75, 3.05) is 39.3 Å². The average molecular weight is 316 g/mol. The summed E-state index contributed by atoms with van der Waals surface area (Å²) in [6.07, 6.45) is -4.50. The second-order valence-electron chi connectivity index (χ2n) is 3.71. The number of benzene rings is 1. The van der Waals surface area contributed by atoms with Gasteiger partial charge in [-0.2, -0.15) is 13.2 Å². The van der Waals surface area contributed by atoms with Crippen LogP contribution in [0.25, 0.3) is 0 Å². The Balaban J connectivity index is 0.00000361. The van der Waals surface area contributed by atoms with Crippen LogP contribution in [0.15, 0.2) is 18.2 Å². The molecule has 0 heterocycles. The molecule has 20 heavy (non-hydrogen) atoms. The van der Waals surface area contributed by atoms with E-state index in [2.05, 4.69) is 0 Å². The van der Waals surface area contributed by atoms with Gasteiger partial charge in [0.1, 0.15) is 12.4 Å². The van der Waals surface area contributed by atoms with Crippen molar-refractivity contribution >= 4 is 18.1 Å². The highest BCUT2D eigenvalue weighted by atomic mass is 35.5. The molecule has 1 aromatic rings. The van der Waals surface area contributed by atoms with Crippen molar-refractivity contribution in [1.29, 1.82) is 0 Å². The molecule has 0 amide bonds. The van der Waals surface area contributed by atoms with E-state index in [0.717, 1.165) is 6.07 Å². The number of hydrogen-bond donors (Lipinski definition) is 1. The van der Waals surface area contributed by atoms with Gasteiger partial charge in [-0.1, -0.05) is 0 Å². The van der Waals surface area contributed by atoms with Crippen LogP contribution in [-0.4, -0.2) is 33.5 Å². The smallest absolute Gasteiger partial charge is 0.420 e. The molecule has 0 spiro atoms. The number of halogens is 4. The first-order valence-corrected chi connectivity index (χ1v) is 5.61. The van der Waals surface area contributed by atoms with Gasteiger partial charge in [-0.15, -0.1) is 12.4 Å². The Morgan fingerprint density at radius 3 is 2.35 bits per heavy atom. The van der Waals surface area contributed by atoms with Gasteiger partial charge in [0, 0.05) is 12.8 Å². The van der Waals surface area contributed by atoms with Gasteiger partial charge in [0.05, 0.1) is 25.4 Å². The molecule has 0 atom stereocenters. The third-order valence-corrected chi connectivity index (χ3v) is 2.23. The zero-order valence-electron chi connectivity index (χ0n) is 10.9. The lowest BCUT2D eigenvalue weighted by Crippen LogP contribution is -2.13. The molecule has 0 aliphatic heterocycles. The van der Waals surface area contributed by atoms with Crippen LogP contribution >= 0.6 is 12.4 Å². The van der Waals surface area contributed by atoms with Crippen LogP contribution < -0.4 is 10.5 Å². The molecule has 0 aliphatic carbocycles. The minimum absolute atomic E-state index is 0. The predicted octanol–water partition coefficient (Wildman–Crippen LogP) is 2.75. The van der Waals surface area contributed by atoms with Crippen molar-refractivity contribution in [3.63, 3.8) is 0 Å². The van der Waals surface area contributed by atoms with Gasteiger partial charge in [-0.05, 0) is 18.2 Å². The summed E-state index contributed by atoms with van der Waals surface area (Å²) in [5.41, 5.74) is 4.49. The highest BCUT2D eigenvalue weighted by molar-refractivity contribution is 5.85. The number of nitrogen functional groups attached to an aromatic ring is 1. The number of methoxy groups -OCH3 is 1. The second-order valence-corrected chi connectivity index (χ2v) is 3.71. The number of ether oxygens (including phenoxy) is 3. The van der Waals surface area contributed by atoms with Gasteiger partial charge in [0.2, 0.25) is 0 Å². The lowest BCUT2D eigenvalue weighted by molar-refractivity contribution is -0.139. The second kappa shape index (κ2) is 8.89. The minimum Gasteiger partial charge on any atom is -0.491 e. The van der Waals surface area contributed by atoms with Crippen LogP contribution in [0.1, 0.15) is 5.56 Å². The van der Waals surface area contributed by atoms with E-state index in [1.165, 1.54) is 19.2 Å². The molecular formula is C12H17ClF3NO3. The van der Waals surface area contributed by atoms with E-state index in [9.17, 15) is 13.2 Å². The van der Waals surface area contributed by atoms with Crippen molar-refractivity contribution in [1.82, 2.24) is 0 Å². The van der Waals surface area contributed by atoms with Gasteiger partial charge < -0.3 is 19.9 Å². The first kappa shape index (κ1) is 18.8. The van der Waals surface area contributed by atoms with Crippen molar-refractivity contribution < 1.29 is 27.4 Å². The Morgan fingerprint density at radius 2 is 1.75 bits per heavy atom. The molecule has 0 bridgehead atoms. The van der Waals surface area contributed by atoms with E-state index in [1.807, 2.05) is 0 Å². The van der Waals surface area contributed by atoms with Crippen LogP contribution in [0.2, 0.25) is 0 Å². The van der Waals surface area contributed by atoms with Crippen LogP contribution in [0.4, 0.5) is 18.9 Å². The van der Waals surface area contributed by atoms with Crippen molar-refractivity contribution in [2.24, 2.45) is 0 Å². The molecule has 2 N–H and O–H groups in total. The van der Waals surface area contributed by atoms with Crippen LogP contribution in [0, 0.1) is 0 Å².